The molecule has 1 aromatic carbocycles. The van der Waals surface area contributed by atoms with E-state index in [1.54, 1.807) is 18.2 Å². The fourth-order valence-corrected chi connectivity index (χ4v) is 2.03. The average molecular weight is 302 g/mol. The van der Waals surface area contributed by atoms with E-state index < -0.39 is 6.04 Å². The van der Waals surface area contributed by atoms with Crippen molar-refractivity contribution in [3.05, 3.63) is 35.4 Å². The standard InChI is InChI=1S/C16H22N4O2/c1-11(2)8-14(16(22)19-7-6-17)20-15(21)13-5-3-4-12(9-13)10-18/h3-5,9,11,14H,7-8,10,18H2,1-2H3,(H,19,22)(H,20,21)/t14-/m0/s1. The summed E-state index contributed by atoms with van der Waals surface area (Å²) in [5.74, 6) is -0.444. The number of nitrogens with one attached hydrogen (secondary N) is 2. The first-order chi connectivity index (χ1) is 10.5. The van der Waals surface area contributed by atoms with Crippen LogP contribution >= 0.6 is 0 Å². The molecule has 0 aliphatic heterocycles. The predicted octanol–water partition coefficient (Wildman–Crippen LogP) is 0.930. The number of hydrogen-bond acceptors (Lipinski definition) is 4. The maximum Gasteiger partial charge on any atom is 0.251 e. The third-order valence-electron chi connectivity index (χ3n) is 3.10. The van der Waals surface area contributed by atoms with Gasteiger partial charge in [0.2, 0.25) is 5.91 Å². The predicted molar refractivity (Wildman–Crippen MR) is 83.7 cm³/mol. The van der Waals surface area contributed by atoms with Gasteiger partial charge < -0.3 is 16.4 Å². The van der Waals surface area contributed by atoms with E-state index in [-0.39, 0.29) is 24.3 Å². The lowest BCUT2D eigenvalue weighted by molar-refractivity contribution is -0.123. The molecule has 6 heteroatoms. The van der Waals surface area contributed by atoms with E-state index in [2.05, 4.69) is 10.6 Å². The minimum absolute atomic E-state index is 0.0774. The first kappa shape index (κ1) is 17.7. The Bertz CT molecular complexity index is 564. The van der Waals surface area contributed by atoms with Crippen molar-refractivity contribution in [2.24, 2.45) is 11.7 Å². The Kier molecular flexibility index (Phi) is 7.06. The molecule has 0 heterocycles. The Hall–Kier alpha value is -2.39. The molecule has 2 amide bonds. The van der Waals surface area contributed by atoms with E-state index in [4.69, 9.17) is 11.0 Å². The molecule has 1 atom stereocenters. The van der Waals surface area contributed by atoms with Crippen LogP contribution in [0.15, 0.2) is 24.3 Å². The average Bonchev–Trinajstić information content (AvgIpc) is 2.51. The molecule has 4 N–H and O–H groups in total. The zero-order chi connectivity index (χ0) is 16.5. The first-order valence-electron chi connectivity index (χ1n) is 7.22. The second kappa shape index (κ2) is 8.80. The molecular weight excluding hydrogens is 280 g/mol. The van der Waals surface area contributed by atoms with E-state index in [9.17, 15) is 9.59 Å². The van der Waals surface area contributed by atoms with E-state index in [0.717, 1.165) is 5.56 Å². The van der Waals surface area contributed by atoms with E-state index in [1.165, 1.54) is 0 Å². The fraction of sp³-hybridized carbons (Fsp3) is 0.438. The number of rotatable bonds is 7. The van der Waals surface area contributed by atoms with Gasteiger partial charge in [-0.1, -0.05) is 26.0 Å². The summed E-state index contributed by atoms with van der Waals surface area (Å²) in [6.45, 7) is 4.20. The van der Waals surface area contributed by atoms with Crippen LogP contribution in [0, 0.1) is 17.2 Å². The molecule has 1 rings (SSSR count). The molecule has 0 aliphatic carbocycles. The number of benzene rings is 1. The van der Waals surface area contributed by atoms with Crippen molar-refractivity contribution in [3.8, 4) is 6.07 Å². The van der Waals surface area contributed by atoms with Gasteiger partial charge in [-0.2, -0.15) is 5.26 Å². The lowest BCUT2D eigenvalue weighted by atomic mass is 10.0. The minimum atomic E-state index is -0.664. The summed E-state index contributed by atoms with van der Waals surface area (Å²) in [5.41, 5.74) is 6.87. The highest BCUT2D eigenvalue weighted by atomic mass is 16.2. The molecule has 0 aromatic heterocycles. The van der Waals surface area contributed by atoms with Crippen LogP contribution in [0.5, 0.6) is 0 Å². The molecule has 0 saturated carbocycles. The van der Waals surface area contributed by atoms with Crippen molar-refractivity contribution < 1.29 is 9.59 Å². The highest BCUT2D eigenvalue weighted by molar-refractivity contribution is 5.97. The van der Waals surface area contributed by atoms with Crippen LogP contribution in [0.1, 0.15) is 36.2 Å². The maximum atomic E-state index is 12.3. The Morgan fingerprint density at radius 1 is 1.36 bits per heavy atom. The van der Waals surface area contributed by atoms with Gasteiger partial charge >= 0.3 is 0 Å². The summed E-state index contributed by atoms with van der Waals surface area (Å²) < 4.78 is 0. The topological polar surface area (TPSA) is 108 Å². The minimum Gasteiger partial charge on any atom is -0.341 e. The van der Waals surface area contributed by atoms with Crippen LogP contribution in [0.25, 0.3) is 0 Å². The van der Waals surface area contributed by atoms with Crippen LogP contribution in [-0.4, -0.2) is 24.4 Å². The lowest BCUT2D eigenvalue weighted by Gasteiger charge is -2.19. The summed E-state index contributed by atoms with van der Waals surface area (Å²) in [7, 11) is 0. The maximum absolute atomic E-state index is 12.3. The third kappa shape index (κ3) is 5.54. The smallest absolute Gasteiger partial charge is 0.251 e. The second-order valence-electron chi connectivity index (χ2n) is 5.44. The summed E-state index contributed by atoms with van der Waals surface area (Å²) in [5, 5.41) is 13.7. The normalized spacial score (nSPS) is 11.6. The van der Waals surface area contributed by atoms with Gasteiger partial charge in [-0.25, -0.2) is 0 Å². The van der Waals surface area contributed by atoms with Crippen LogP contribution in [0.4, 0.5) is 0 Å². The largest absolute Gasteiger partial charge is 0.341 e. The summed E-state index contributed by atoms with van der Waals surface area (Å²) >= 11 is 0. The third-order valence-corrected chi connectivity index (χ3v) is 3.10. The van der Waals surface area contributed by atoms with Gasteiger partial charge in [0.05, 0.1) is 6.07 Å². The van der Waals surface area contributed by atoms with Gasteiger partial charge in [0.1, 0.15) is 12.6 Å². The molecule has 0 bridgehead atoms. The molecule has 0 fully saturated rings. The molecule has 22 heavy (non-hydrogen) atoms. The van der Waals surface area contributed by atoms with Gasteiger partial charge in [-0.05, 0) is 30.0 Å². The summed E-state index contributed by atoms with van der Waals surface area (Å²) in [6, 6.07) is 8.15. The number of carbonyl (C=O) groups excluding carboxylic acids is 2. The Morgan fingerprint density at radius 3 is 2.68 bits per heavy atom. The monoisotopic (exact) mass is 302 g/mol. The Morgan fingerprint density at radius 2 is 2.09 bits per heavy atom. The zero-order valence-corrected chi connectivity index (χ0v) is 12.9. The van der Waals surface area contributed by atoms with Crippen LogP contribution < -0.4 is 16.4 Å². The number of nitrogens with zero attached hydrogens (tertiary/aromatic N) is 1. The van der Waals surface area contributed by atoms with E-state index in [0.29, 0.717) is 18.5 Å². The highest BCUT2D eigenvalue weighted by Crippen LogP contribution is 2.08. The van der Waals surface area contributed by atoms with Gasteiger partial charge in [0, 0.05) is 12.1 Å². The van der Waals surface area contributed by atoms with Crippen LogP contribution in [0.2, 0.25) is 0 Å². The number of amides is 2. The molecule has 0 saturated heterocycles. The Labute approximate surface area is 130 Å². The van der Waals surface area contributed by atoms with E-state index >= 15 is 0 Å². The molecule has 118 valence electrons. The number of carbonyl (C=O) groups is 2. The molecule has 0 unspecified atom stereocenters. The summed E-state index contributed by atoms with van der Waals surface area (Å²) in [6.07, 6.45) is 0.500. The second-order valence-corrected chi connectivity index (χ2v) is 5.44. The number of nitriles is 1. The molecule has 1 aromatic rings. The number of nitrogens with two attached hydrogens (primary N) is 1. The van der Waals surface area contributed by atoms with Crippen LogP contribution in [-0.2, 0) is 11.3 Å². The van der Waals surface area contributed by atoms with Gasteiger partial charge in [0.15, 0.2) is 0 Å². The molecule has 0 aliphatic rings. The van der Waals surface area contributed by atoms with Crippen molar-refractivity contribution in [1.29, 1.82) is 5.26 Å². The van der Waals surface area contributed by atoms with Gasteiger partial charge in [-0.3, -0.25) is 9.59 Å². The SMILES string of the molecule is CC(C)C[C@H](NC(=O)c1cccc(CN)c1)C(=O)NCC#N. The van der Waals surface area contributed by atoms with Gasteiger partial charge in [0.25, 0.3) is 5.91 Å². The van der Waals surface area contributed by atoms with Crippen molar-refractivity contribution in [2.45, 2.75) is 32.9 Å². The van der Waals surface area contributed by atoms with Crippen molar-refractivity contribution in [2.75, 3.05) is 6.54 Å². The highest BCUT2D eigenvalue weighted by Gasteiger charge is 2.22. The zero-order valence-electron chi connectivity index (χ0n) is 12.9. The van der Waals surface area contributed by atoms with E-state index in [1.807, 2.05) is 26.0 Å². The molecule has 0 radical (unpaired) electrons. The lowest BCUT2D eigenvalue weighted by Crippen LogP contribution is -2.47. The molecule has 6 nitrogen and oxygen atoms in total. The van der Waals surface area contributed by atoms with Crippen molar-refractivity contribution in [1.82, 2.24) is 10.6 Å². The van der Waals surface area contributed by atoms with Crippen LogP contribution in [0.3, 0.4) is 0 Å². The van der Waals surface area contributed by atoms with Crippen molar-refractivity contribution in [3.63, 3.8) is 0 Å². The molecular formula is C16H22N4O2. The number of hydrogen-bond donors (Lipinski definition) is 3. The Balaban J connectivity index is 2.81. The van der Waals surface area contributed by atoms with Gasteiger partial charge in [-0.15, -0.1) is 0 Å². The first-order valence-corrected chi connectivity index (χ1v) is 7.22. The quantitative estimate of drug-likeness (QED) is 0.651. The van der Waals surface area contributed by atoms with Crippen molar-refractivity contribution >= 4 is 11.8 Å². The summed E-state index contributed by atoms with van der Waals surface area (Å²) in [4.78, 5) is 24.3. The molecule has 0 spiro atoms. The fourth-order valence-electron chi connectivity index (χ4n) is 2.03.